The summed E-state index contributed by atoms with van der Waals surface area (Å²) in [6.45, 7) is 3.83. The Kier molecular flexibility index (Phi) is 5.15. The molecule has 2 rings (SSSR count). The highest BCUT2D eigenvalue weighted by molar-refractivity contribution is 5.84. The number of anilines is 2. The molecule has 2 N–H and O–H groups in total. The van der Waals surface area contributed by atoms with Gasteiger partial charge in [0.25, 0.3) is 0 Å². The van der Waals surface area contributed by atoms with Crippen LogP contribution in [0.15, 0.2) is 12.4 Å². The van der Waals surface area contributed by atoms with Crippen LogP contribution in [-0.4, -0.2) is 42.1 Å². The number of aromatic nitrogens is 2. The van der Waals surface area contributed by atoms with Gasteiger partial charge in [0.1, 0.15) is 17.7 Å². The van der Waals surface area contributed by atoms with Crippen molar-refractivity contribution < 1.29 is 4.79 Å². The van der Waals surface area contributed by atoms with E-state index in [9.17, 15) is 4.79 Å². The van der Waals surface area contributed by atoms with E-state index in [1.807, 2.05) is 0 Å². The zero-order valence-corrected chi connectivity index (χ0v) is 12.2. The second kappa shape index (κ2) is 7.07. The van der Waals surface area contributed by atoms with Crippen molar-refractivity contribution >= 4 is 17.5 Å². The Bertz CT molecular complexity index is 451. The first-order valence-corrected chi connectivity index (χ1v) is 7.30. The van der Waals surface area contributed by atoms with Crippen LogP contribution in [0.2, 0.25) is 0 Å². The zero-order chi connectivity index (χ0) is 14.4. The van der Waals surface area contributed by atoms with E-state index in [-0.39, 0.29) is 11.9 Å². The normalized spacial score (nSPS) is 18.7. The van der Waals surface area contributed by atoms with E-state index >= 15 is 0 Å². The van der Waals surface area contributed by atoms with Gasteiger partial charge in [0.05, 0.1) is 12.4 Å². The number of rotatable bonds is 5. The molecular weight excluding hydrogens is 254 g/mol. The van der Waals surface area contributed by atoms with Gasteiger partial charge in [-0.1, -0.05) is 6.92 Å². The van der Waals surface area contributed by atoms with Crippen LogP contribution in [0.5, 0.6) is 0 Å². The van der Waals surface area contributed by atoms with E-state index in [0.717, 1.165) is 50.4 Å². The molecule has 1 aromatic rings. The molecule has 110 valence electrons. The van der Waals surface area contributed by atoms with Gasteiger partial charge in [-0.15, -0.1) is 0 Å². The van der Waals surface area contributed by atoms with Gasteiger partial charge in [0.2, 0.25) is 5.91 Å². The summed E-state index contributed by atoms with van der Waals surface area (Å²) >= 11 is 0. The minimum Gasteiger partial charge on any atom is -0.369 e. The maximum atomic E-state index is 12.0. The molecule has 6 nitrogen and oxygen atoms in total. The summed E-state index contributed by atoms with van der Waals surface area (Å²) in [5.74, 6) is 1.60. The smallest absolute Gasteiger partial charge is 0.242 e. The maximum Gasteiger partial charge on any atom is 0.242 e. The minimum atomic E-state index is -0.135. The molecule has 1 amide bonds. The number of piperidine rings is 1. The van der Waals surface area contributed by atoms with E-state index in [1.165, 1.54) is 0 Å². The topological polar surface area (TPSA) is 70.2 Å². The summed E-state index contributed by atoms with van der Waals surface area (Å²) < 4.78 is 0. The van der Waals surface area contributed by atoms with E-state index in [4.69, 9.17) is 0 Å². The van der Waals surface area contributed by atoms with Crippen molar-refractivity contribution in [3.05, 3.63) is 12.4 Å². The molecule has 1 fully saturated rings. The third-order valence-electron chi connectivity index (χ3n) is 3.52. The first-order chi connectivity index (χ1) is 9.76. The second-order valence-corrected chi connectivity index (χ2v) is 5.01. The van der Waals surface area contributed by atoms with Crippen molar-refractivity contribution in [2.45, 2.75) is 38.6 Å². The lowest BCUT2D eigenvalue weighted by atomic mass is 10.0. The quantitative estimate of drug-likeness (QED) is 0.851. The molecular formula is C14H23N5O. The van der Waals surface area contributed by atoms with Crippen molar-refractivity contribution in [1.29, 1.82) is 0 Å². The third kappa shape index (κ3) is 3.37. The van der Waals surface area contributed by atoms with Gasteiger partial charge in [-0.05, 0) is 25.7 Å². The van der Waals surface area contributed by atoms with Gasteiger partial charge >= 0.3 is 0 Å². The van der Waals surface area contributed by atoms with Gasteiger partial charge in [-0.2, -0.15) is 0 Å². The van der Waals surface area contributed by atoms with Gasteiger partial charge in [-0.3, -0.25) is 9.78 Å². The molecule has 0 aliphatic carbocycles. The Morgan fingerprint density at radius 3 is 3.05 bits per heavy atom. The van der Waals surface area contributed by atoms with Crippen molar-refractivity contribution in [3.8, 4) is 0 Å². The number of nitrogens with one attached hydrogen (secondary N) is 2. The van der Waals surface area contributed by atoms with Crippen molar-refractivity contribution in [2.24, 2.45) is 0 Å². The maximum absolute atomic E-state index is 12.0. The molecule has 1 aromatic heterocycles. The lowest BCUT2D eigenvalue weighted by Crippen LogP contribution is -2.49. The molecule has 1 saturated heterocycles. The number of hydrogen-bond donors (Lipinski definition) is 2. The molecule has 1 aliphatic rings. The van der Waals surface area contributed by atoms with E-state index in [0.29, 0.717) is 0 Å². The highest BCUT2D eigenvalue weighted by Crippen LogP contribution is 2.23. The summed E-state index contributed by atoms with van der Waals surface area (Å²) in [7, 11) is 1.68. The lowest BCUT2D eigenvalue weighted by molar-refractivity contribution is -0.122. The molecule has 0 spiro atoms. The van der Waals surface area contributed by atoms with Gasteiger partial charge < -0.3 is 15.5 Å². The average Bonchev–Trinajstić information content (AvgIpc) is 2.52. The zero-order valence-electron chi connectivity index (χ0n) is 12.2. The Morgan fingerprint density at radius 2 is 2.30 bits per heavy atom. The van der Waals surface area contributed by atoms with E-state index in [1.54, 1.807) is 19.4 Å². The van der Waals surface area contributed by atoms with Crippen molar-refractivity contribution in [2.75, 3.05) is 30.4 Å². The largest absolute Gasteiger partial charge is 0.369 e. The minimum absolute atomic E-state index is 0.0541. The number of carbonyl (C=O) groups excluding carboxylic acids is 1. The molecule has 0 saturated carbocycles. The Hall–Kier alpha value is -1.85. The van der Waals surface area contributed by atoms with Crippen LogP contribution >= 0.6 is 0 Å². The van der Waals surface area contributed by atoms with Crippen molar-refractivity contribution in [1.82, 2.24) is 15.3 Å². The van der Waals surface area contributed by atoms with E-state index < -0.39 is 0 Å². The number of nitrogens with zero attached hydrogens (tertiary/aromatic N) is 3. The average molecular weight is 277 g/mol. The lowest BCUT2D eigenvalue weighted by Gasteiger charge is -2.35. The molecule has 0 radical (unpaired) electrons. The second-order valence-electron chi connectivity index (χ2n) is 5.01. The van der Waals surface area contributed by atoms with Gasteiger partial charge in [-0.25, -0.2) is 4.98 Å². The summed E-state index contributed by atoms with van der Waals surface area (Å²) in [6, 6.07) is -0.135. The highest BCUT2D eigenvalue weighted by Gasteiger charge is 2.29. The van der Waals surface area contributed by atoms with Crippen LogP contribution in [-0.2, 0) is 4.79 Å². The van der Waals surface area contributed by atoms with Crippen LogP contribution in [0.4, 0.5) is 11.6 Å². The first-order valence-electron chi connectivity index (χ1n) is 7.30. The number of carbonyl (C=O) groups is 1. The molecule has 20 heavy (non-hydrogen) atoms. The SMILES string of the molecule is CCCNc1cncc(N2CCCCC2C(=O)NC)n1. The highest BCUT2D eigenvalue weighted by atomic mass is 16.2. The first kappa shape index (κ1) is 14.6. The number of hydrogen-bond acceptors (Lipinski definition) is 5. The van der Waals surface area contributed by atoms with Gasteiger partial charge in [0.15, 0.2) is 0 Å². The predicted octanol–water partition coefficient (Wildman–Crippen LogP) is 1.40. The van der Waals surface area contributed by atoms with E-state index in [2.05, 4.69) is 32.4 Å². The molecule has 1 aliphatic heterocycles. The predicted molar refractivity (Wildman–Crippen MR) is 79.9 cm³/mol. The standard InChI is InChI=1S/C14H23N5O/c1-3-7-17-12-9-16-10-13(18-12)19-8-5-4-6-11(19)14(20)15-2/h9-11H,3-8H2,1-2H3,(H,15,20)(H,17,18). The monoisotopic (exact) mass is 277 g/mol. The fourth-order valence-electron chi connectivity index (χ4n) is 2.48. The third-order valence-corrected chi connectivity index (χ3v) is 3.52. The van der Waals surface area contributed by atoms with Crippen LogP contribution in [0.3, 0.4) is 0 Å². The Labute approximate surface area is 120 Å². The molecule has 0 bridgehead atoms. The molecule has 1 unspecified atom stereocenters. The Balaban J connectivity index is 2.16. The van der Waals surface area contributed by atoms with Crippen LogP contribution < -0.4 is 15.5 Å². The summed E-state index contributed by atoms with van der Waals surface area (Å²) in [6.07, 6.45) is 7.53. The number of likely N-dealkylation sites (N-methyl/N-ethyl adjacent to an activating group) is 1. The molecule has 2 heterocycles. The number of amides is 1. The fraction of sp³-hybridized carbons (Fsp3) is 0.643. The van der Waals surface area contributed by atoms with Crippen LogP contribution in [0.25, 0.3) is 0 Å². The molecule has 0 aromatic carbocycles. The summed E-state index contributed by atoms with van der Waals surface area (Å²) in [5, 5.41) is 5.97. The summed E-state index contributed by atoms with van der Waals surface area (Å²) in [4.78, 5) is 22.9. The Morgan fingerprint density at radius 1 is 1.45 bits per heavy atom. The van der Waals surface area contributed by atoms with Crippen LogP contribution in [0.1, 0.15) is 32.6 Å². The summed E-state index contributed by atoms with van der Waals surface area (Å²) in [5.41, 5.74) is 0. The fourth-order valence-corrected chi connectivity index (χ4v) is 2.48. The molecule has 6 heteroatoms. The van der Waals surface area contributed by atoms with Crippen LogP contribution in [0, 0.1) is 0 Å². The van der Waals surface area contributed by atoms with Gasteiger partial charge in [0, 0.05) is 20.1 Å². The molecule has 1 atom stereocenters. The van der Waals surface area contributed by atoms with Crippen molar-refractivity contribution in [3.63, 3.8) is 0 Å².